The number of benzene rings is 2. The highest BCUT2D eigenvalue weighted by Crippen LogP contribution is 2.29. The summed E-state index contributed by atoms with van der Waals surface area (Å²) in [5.41, 5.74) is 6.56. The van der Waals surface area contributed by atoms with Gasteiger partial charge in [-0.05, 0) is 69.4 Å². The number of carbonyl (C=O) groups is 1. The molecule has 1 aliphatic rings. The second-order valence-corrected chi connectivity index (χ2v) is 11.6. The number of likely N-dealkylation sites (tertiary alicyclic amines) is 1. The van der Waals surface area contributed by atoms with Crippen molar-refractivity contribution in [2.24, 2.45) is 5.92 Å². The Morgan fingerprint density at radius 3 is 2.44 bits per heavy atom. The number of rotatable bonds is 12. The monoisotopic (exact) mass is 557 g/mol. The Kier molecular flexibility index (Phi) is 12.3. The molecule has 0 unspecified atom stereocenters. The molecule has 3 N–H and O–H groups in total. The Hall–Kier alpha value is -2.00. The number of nitrogens with one attached hydrogen (secondary N) is 1. The summed E-state index contributed by atoms with van der Waals surface area (Å²) in [6, 6.07) is 11.8. The summed E-state index contributed by atoms with van der Waals surface area (Å²) in [4.78, 5) is 15.5. The van der Waals surface area contributed by atoms with E-state index in [1.165, 1.54) is 7.11 Å². The van der Waals surface area contributed by atoms with Gasteiger partial charge in [-0.2, -0.15) is 0 Å². The van der Waals surface area contributed by atoms with Gasteiger partial charge in [0.1, 0.15) is 5.75 Å². The van der Waals surface area contributed by atoms with Gasteiger partial charge in [-0.15, -0.1) is 12.4 Å². The first kappa shape index (κ1) is 30.2. The van der Waals surface area contributed by atoms with Crippen LogP contribution in [0.15, 0.2) is 47.4 Å². The molecule has 36 heavy (non-hydrogen) atoms. The number of nitrogen functional groups attached to an aromatic ring is 1. The van der Waals surface area contributed by atoms with E-state index < -0.39 is 9.84 Å². The molecule has 0 saturated carbocycles. The smallest absolute Gasteiger partial charge is 0.255 e. The lowest BCUT2D eigenvalue weighted by Crippen LogP contribution is -2.39. The molecule has 0 spiro atoms. The van der Waals surface area contributed by atoms with Gasteiger partial charge in [0.15, 0.2) is 9.84 Å². The van der Waals surface area contributed by atoms with Crippen molar-refractivity contribution in [3.05, 3.63) is 53.1 Å². The maximum atomic E-state index is 12.6. The van der Waals surface area contributed by atoms with Crippen molar-refractivity contribution in [3.8, 4) is 5.75 Å². The molecule has 1 heterocycles. The molecule has 0 aliphatic carbocycles. The van der Waals surface area contributed by atoms with Gasteiger partial charge in [0.25, 0.3) is 5.91 Å². The topological polar surface area (TPSA) is 102 Å². The zero-order chi connectivity index (χ0) is 25.3. The van der Waals surface area contributed by atoms with E-state index in [4.69, 9.17) is 22.1 Å². The van der Waals surface area contributed by atoms with Crippen LogP contribution in [0, 0.1) is 5.92 Å². The number of amides is 1. The van der Waals surface area contributed by atoms with Crippen molar-refractivity contribution in [1.82, 2.24) is 10.2 Å². The van der Waals surface area contributed by atoms with Crippen LogP contribution < -0.4 is 15.8 Å². The van der Waals surface area contributed by atoms with Gasteiger partial charge in [0.05, 0.1) is 34.0 Å². The largest absolute Gasteiger partial charge is 0.496 e. The van der Waals surface area contributed by atoms with Gasteiger partial charge in [0, 0.05) is 12.6 Å². The number of nitrogens with two attached hydrogens (primary N) is 1. The number of sulfone groups is 1. The van der Waals surface area contributed by atoms with Gasteiger partial charge in [-0.1, -0.05) is 42.6 Å². The third-order valence-corrected chi connectivity index (χ3v) is 8.71. The maximum absolute atomic E-state index is 12.6. The number of halogens is 2. The molecular weight excluding hydrogens is 521 g/mol. The van der Waals surface area contributed by atoms with E-state index in [-0.39, 0.29) is 24.1 Å². The predicted molar refractivity (Wildman–Crippen MR) is 148 cm³/mol. The van der Waals surface area contributed by atoms with Crippen molar-refractivity contribution in [3.63, 3.8) is 0 Å². The van der Waals surface area contributed by atoms with Crippen molar-refractivity contribution in [1.29, 1.82) is 0 Å². The molecule has 1 amide bonds. The summed E-state index contributed by atoms with van der Waals surface area (Å²) in [5.74, 6) is 0.855. The van der Waals surface area contributed by atoms with Crippen molar-refractivity contribution in [2.45, 2.75) is 43.4 Å². The first-order valence-corrected chi connectivity index (χ1v) is 14.2. The Bertz CT molecular complexity index is 1080. The van der Waals surface area contributed by atoms with E-state index in [1.54, 1.807) is 36.4 Å². The zero-order valence-corrected chi connectivity index (χ0v) is 23.1. The van der Waals surface area contributed by atoms with Crippen LogP contribution in [0.5, 0.6) is 5.75 Å². The van der Waals surface area contributed by atoms with Gasteiger partial charge >= 0.3 is 0 Å². The minimum absolute atomic E-state index is 0. The molecule has 10 heteroatoms. The Balaban J connectivity index is 0.00000456. The van der Waals surface area contributed by atoms with Crippen LogP contribution >= 0.6 is 24.0 Å². The molecule has 0 bridgehead atoms. The second-order valence-electron chi connectivity index (χ2n) is 9.12. The number of hydrogen-bond acceptors (Lipinski definition) is 6. The summed E-state index contributed by atoms with van der Waals surface area (Å²) in [6.07, 6.45) is 5.80. The van der Waals surface area contributed by atoms with Crippen molar-refractivity contribution in [2.75, 3.05) is 44.8 Å². The normalized spacial score (nSPS) is 14.7. The summed E-state index contributed by atoms with van der Waals surface area (Å²) >= 11 is 6.07. The average molecular weight is 559 g/mol. The lowest BCUT2D eigenvalue weighted by atomic mass is 9.96. The molecule has 200 valence electrons. The zero-order valence-electron chi connectivity index (χ0n) is 20.7. The van der Waals surface area contributed by atoms with E-state index in [0.717, 1.165) is 51.7 Å². The number of carbonyl (C=O) groups excluding carboxylic acids is 1. The minimum atomic E-state index is -3.17. The summed E-state index contributed by atoms with van der Waals surface area (Å²) < 4.78 is 29.9. The molecule has 3 rings (SSSR count). The Morgan fingerprint density at radius 2 is 1.78 bits per heavy atom. The predicted octanol–water partition coefficient (Wildman–Crippen LogP) is 4.83. The first-order chi connectivity index (χ1) is 16.8. The molecule has 2 aromatic carbocycles. The van der Waals surface area contributed by atoms with Gasteiger partial charge in [-0.3, -0.25) is 4.79 Å². The Labute approximate surface area is 226 Å². The molecular formula is C26H37Cl2N3O4S. The highest BCUT2D eigenvalue weighted by molar-refractivity contribution is 7.91. The fourth-order valence-corrected chi connectivity index (χ4v) is 5.94. The number of methoxy groups -OCH3 is 1. The molecule has 1 aliphatic heterocycles. The van der Waals surface area contributed by atoms with Gasteiger partial charge in [-0.25, -0.2) is 8.42 Å². The quantitative estimate of drug-likeness (QED) is 0.286. The maximum Gasteiger partial charge on any atom is 0.255 e. The lowest BCUT2D eigenvalue weighted by Gasteiger charge is -2.32. The van der Waals surface area contributed by atoms with Crippen molar-refractivity contribution >= 4 is 45.4 Å². The second kappa shape index (κ2) is 14.7. The third-order valence-electron chi connectivity index (χ3n) is 6.56. The molecule has 0 aromatic heterocycles. The number of piperidine rings is 1. The summed E-state index contributed by atoms with van der Waals surface area (Å²) in [5, 5.41) is 3.34. The number of ether oxygens (including phenoxy) is 1. The van der Waals surface area contributed by atoms with Crippen LogP contribution in [0.3, 0.4) is 0 Å². The van der Waals surface area contributed by atoms with Crippen LogP contribution in [0.25, 0.3) is 0 Å². The molecule has 1 fully saturated rings. The molecule has 0 radical (unpaired) electrons. The molecule has 2 aromatic rings. The molecule has 1 saturated heterocycles. The molecule has 0 atom stereocenters. The van der Waals surface area contributed by atoms with E-state index in [9.17, 15) is 13.2 Å². The Morgan fingerprint density at radius 1 is 1.11 bits per heavy atom. The lowest BCUT2D eigenvalue weighted by molar-refractivity contribution is 0.0933. The number of nitrogens with zero attached hydrogens (tertiary/aromatic N) is 1. The minimum Gasteiger partial charge on any atom is -0.496 e. The van der Waals surface area contributed by atoms with Gasteiger partial charge in [0.2, 0.25) is 0 Å². The van der Waals surface area contributed by atoms with Crippen LogP contribution in [-0.4, -0.2) is 58.3 Å². The average Bonchev–Trinajstić information content (AvgIpc) is 2.87. The van der Waals surface area contributed by atoms with Crippen LogP contribution in [0.1, 0.15) is 48.9 Å². The highest BCUT2D eigenvalue weighted by Gasteiger charge is 2.21. The number of hydrogen-bond donors (Lipinski definition) is 2. The SMILES string of the molecule is COc1cc(N)c(Cl)cc1C(=O)NCC1CCN(CCCCCCS(=O)(=O)c2ccccc2)CC1.Cl. The first-order valence-electron chi connectivity index (χ1n) is 12.2. The highest BCUT2D eigenvalue weighted by atomic mass is 35.5. The third kappa shape index (κ3) is 8.83. The van der Waals surface area contributed by atoms with E-state index >= 15 is 0 Å². The van der Waals surface area contributed by atoms with E-state index in [0.29, 0.717) is 45.8 Å². The molecule has 7 nitrogen and oxygen atoms in total. The fraction of sp³-hybridized carbons (Fsp3) is 0.500. The van der Waals surface area contributed by atoms with Crippen molar-refractivity contribution < 1.29 is 17.9 Å². The standard InChI is InChI=1S/C26H36ClN3O4S.ClH/c1-34-25-18-24(28)23(27)17-22(25)26(31)29-19-20-11-14-30(15-12-20)13-7-2-3-8-16-35(32,33)21-9-5-4-6-10-21;/h4-6,9-10,17-18,20H,2-3,7-8,11-16,19,28H2,1H3,(H,29,31);1H. The number of anilines is 1. The van der Waals surface area contributed by atoms with Gasteiger partial charge < -0.3 is 20.7 Å². The van der Waals surface area contributed by atoms with E-state index in [1.807, 2.05) is 6.07 Å². The van der Waals surface area contributed by atoms with E-state index in [2.05, 4.69) is 10.2 Å². The fourth-order valence-electron chi connectivity index (χ4n) is 4.39. The summed E-state index contributed by atoms with van der Waals surface area (Å²) in [7, 11) is -1.67. The van der Waals surface area contributed by atoms with Crippen LogP contribution in [0.2, 0.25) is 5.02 Å². The number of unbranched alkanes of at least 4 members (excludes halogenated alkanes) is 3. The van der Waals surface area contributed by atoms with Crippen LogP contribution in [-0.2, 0) is 9.84 Å². The van der Waals surface area contributed by atoms with Crippen LogP contribution in [0.4, 0.5) is 5.69 Å². The summed E-state index contributed by atoms with van der Waals surface area (Å²) in [6.45, 7) is 3.68.